The summed E-state index contributed by atoms with van der Waals surface area (Å²) >= 11 is -3.27. The van der Waals surface area contributed by atoms with E-state index < -0.39 is 18.8 Å². The van der Waals surface area contributed by atoms with Crippen LogP contribution >= 0.6 is 0 Å². The van der Waals surface area contributed by atoms with Crippen molar-refractivity contribution in [1.29, 1.82) is 0 Å². The molecule has 0 unspecified atom stereocenters. The summed E-state index contributed by atoms with van der Waals surface area (Å²) in [5, 5.41) is 0. The van der Waals surface area contributed by atoms with Crippen molar-refractivity contribution in [1.82, 2.24) is 0 Å². The van der Waals surface area contributed by atoms with Gasteiger partial charge in [0.1, 0.15) is 0 Å². The van der Waals surface area contributed by atoms with Gasteiger partial charge in [0.05, 0.1) is 0 Å². The molecule has 0 saturated carbocycles. The SMILES string of the molecule is COc1cc[c]([Sb+]([c]2ccccc2)([c]2ccccc2)[c]2ccccc2)cc1. The molecule has 0 amide bonds. The molecule has 0 saturated heterocycles. The summed E-state index contributed by atoms with van der Waals surface area (Å²) in [6.45, 7) is 0. The molecule has 4 rings (SSSR count). The molecule has 0 atom stereocenters. The number of benzene rings is 4. The summed E-state index contributed by atoms with van der Waals surface area (Å²) in [6.07, 6.45) is 0. The van der Waals surface area contributed by atoms with Crippen LogP contribution in [0.2, 0.25) is 0 Å². The molecule has 0 fully saturated rings. The second-order valence-corrected chi connectivity index (χ2v) is 16.1. The van der Waals surface area contributed by atoms with E-state index in [0.29, 0.717) is 0 Å². The van der Waals surface area contributed by atoms with Gasteiger partial charge in [0.25, 0.3) is 0 Å². The minimum atomic E-state index is -3.27. The zero-order valence-corrected chi connectivity index (χ0v) is 17.9. The fourth-order valence-electron chi connectivity index (χ4n) is 3.66. The van der Waals surface area contributed by atoms with E-state index in [1.54, 1.807) is 7.11 Å². The van der Waals surface area contributed by atoms with Gasteiger partial charge >= 0.3 is 166 Å². The van der Waals surface area contributed by atoms with Gasteiger partial charge in [0, 0.05) is 0 Å². The van der Waals surface area contributed by atoms with Crippen LogP contribution in [0.15, 0.2) is 115 Å². The van der Waals surface area contributed by atoms with Gasteiger partial charge in [-0.05, 0) is 0 Å². The van der Waals surface area contributed by atoms with E-state index in [9.17, 15) is 0 Å². The molecular weight excluding hydrogens is 438 g/mol. The van der Waals surface area contributed by atoms with Gasteiger partial charge < -0.3 is 0 Å². The summed E-state index contributed by atoms with van der Waals surface area (Å²) in [7, 11) is 1.72. The van der Waals surface area contributed by atoms with Gasteiger partial charge in [-0.25, -0.2) is 0 Å². The molecule has 0 aliphatic rings. The van der Waals surface area contributed by atoms with Crippen molar-refractivity contribution in [3.05, 3.63) is 115 Å². The van der Waals surface area contributed by atoms with Crippen LogP contribution < -0.4 is 18.8 Å². The van der Waals surface area contributed by atoms with Crippen LogP contribution in [0, 0.1) is 0 Å². The topological polar surface area (TPSA) is 9.23 Å². The Morgan fingerprint density at radius 3 is 1.11 bits per heavy atom. The number of hydrogen-bond acceptors (Lipinski definition) is 1. The Morgan fingerprint density at radius 1 is 0.444 bits per heavy atom. The Kier molecular flexibility index (Phi) is 5.32. The number of ether oxygens (including phenoxy) is 1. The van der Waals surface area contributed by atoms with Crippen LogP contribution in [0.1, 0.15) is 0 Å². The monoisotopic (exact) mass is 459 g/mol. The van der Waals surface area contributed by atoms with Crippen LogP contribution in [0.4, 0.5) is 0 Å². The molecule has 0 spiro atoms. The van der Waals surface area contributed by atoms with E-state index in [-0.39, 0.29) is 0 Å². The molecule has 0 N–H and O–H groups in total. The first-order valence-electron chi connectivity index (χ1n) is 9.06. The fraction of sp³-hybridized carbons (Fsp3) is 0.0400. The molecule has 2 heteroatoms. The Morgan fingerprint density at radius 2 is 0.778 bits per heavy atom. The predicted molar refractivity (Wildman–Crippen MR) is 117 cm³/mol. The predicted octanol–water partition coefficient (Wildman–Crippen LogP) is 3.07. The summed E-state index contributed by atoms with van der Waals surface area (Å²) < 4.78 is 11.2. The summed E-state index contributed by atoms with van der Waals surface area (Å²) in [5.41, 5.74) is 0. The van der Waals surface area contributed by atoms with Gasteiger partial charge in [0.15, 0.2) is 0 Å². The summed E-state index contributed by atoms with van der Waals surface area (Å²) in [5.74, 6) is 0.895. The van der Waals surface area contributed by atoms with Crippen molar-refractivity contribution in [2.75, 3.05) is 7.11 Å². The number of methoxy groups -OCH3 is 1. The van der Waals surface area contributed by atoms with Crippen molar-refractivity contribution in [2.45, 2.75) is 0 Å². The molecule has 0 aliphatic heterocycles. The van der Waals surface area contributed by atoms with E-state index in [1.165, 1.54) is 14.0 Å². The van der Waals surface area contributed by atoms with Gasteiger partial charge in [-0.3, -0.25) is 0 Å². The molecule has 0 heterocycles. The second-order valence-electron chi connectivity index (χ2n) is 6.38. The number of rotatable bonds is 5. The van der Waals surface area contributed by atoms with Gasteiger partial charge in [0.2, 0.25) is 0 Å². The minimum absolute atomic E-state index is 0.895. The average Bonchev–Trinajstić information content (AvgIpc) is 2.77. The molecular formula is C25H22OSb+. The van der Waals surface area contributed by atoms with Gasteiger partial charge in [-0.15, -0.1) is 0 Å². The molecule has 0 aromatic heterocycles. The van der Waals surface area contributed by atoms with Crippen LogP contribution in [-0.4, -0.2) is 25.9 Å². The van der Waals surface area contributed by atoms with Crippen LogP contribution in [0.3, 0.4) is 0 Å². The van der Waals surface area contributed by atoms with E-state index in [4.69, 9.17) is 4.74 Å². The van der Waals surface area contributed by atoms with Gasteiger partial charge in [-0.2, -0.15) is 0 Å². The Labute approximate surface area is 165 Å². The third-order valence-corrected chi connectivity index (χ3v) is 17.1. The molecule has 1 nitrogen and oxygen atoms in total. The Bertz CT molecular complexity index is 884. The van der Waals surface area contributed by atoms with Crippen molar-refractivity contribution in [3.63, 3.8) is 0 Å². The Balaban J connectivity index is 2.09. The third kappa shape index (κ3) is 3.28. The summed E-state index contributed by atoms with van der Waals surface area (Å²) in [4.78, 5) is 0. The van der Waals surface area contributed by atoms with E-state index in [1.807, 2.05) is 0 Å². The zero-order chi connectivity index (χ0) is 18.5. The van der Waals surface area contributed by atoms with Crippen molar-refractivity contribution < 1.29 is 4.74 Å². The summed E-state index contributed by atoms with van der Waals surface area (Å²) in [6, 6.07) is 41.8. The van der Waals surface area contributed by atoms with Crippen LogP contribution in [-0.2, 0) is 0 Å². The van der Waals surface area contributed by atoms with Crippen LogP contribution in [0.25, 0.3) is 0 Å². The molecule has 0 bridgehead atoms. The van der Waals surface area contributed by atoms with E-state index in [0.717, 1.165) is 5.75 Å². The molecule has 0 radical (unpaired) electrons. The second kappa shape index (κ2) is 8.03. The molecule has 4 aromatic carbocycles. The average molecular weight is 460 g/mol. The first kappa shape index (κ1) is 17.9. The first-order chi connectivity index (χ1) is 13.4. The van der Waals surface area contributed by atoms with Crippen LogP contribution in [0.5, 0.6) is 5.75 Å². The van der Waals surface area contributed by atoms with Crippen molar-refractivity contribution in [2.24, 2.45) is 0 Å². The fourth-order valence-corrected chi connectivity index (χ4v) is 15.8. The standard InChI is InChI=1S/C7H7O.3C6H5.Sb/c1-8-7-5-3-2-4-6-7;3*1-2-4-6-5-3-1;/h3-6H,1H3;3*1-5H;/q;;;;+1. The van der Waals surface area contributed by atoms with Gasteiger partial charge in [-0.1, -0.05) is 0 Å². The number of hydrogen-bond donors (Lipinski definition) is 0. The quantitative estimate of drug-likeness (QED) is 0.417. The third-order valence-electron chi connectivity index (χ3n) is 4.89. The molecule has 0 aliphatic carbocycles. The Hall–Kier alpha value is -2.50. The van der Waals surface area contributed by atoms with E-state index >= 15 is 0 Å². The maximum absolute atomic E-state index is 5.42. The van der Waals surface area contributed by atoms with Crippen molar-refractivity contribution in [3.8, 4) is 5.75 Å². The maximum atomic E-state index is 5.42. The van der Waals surface area contributed by atoms with Crippen molar-refractivity contribution >= 4 is 32.8 Å². The normalized spacial score (nSPS) is 11.1. The molecule has 4 aromatic rings. The zero-order valence-electron chi connectivity index (χ0n) is 15.3. The molecule has 132 valence electrons. The molecule has 27 heavy (non-hydrogen) atoms. The van der Waals surface area contributed by atoms with E-state index in [2.05, 4.69) is 115 Å². The first-order valence-corrected chi connectivity index (χ1v) is 14.2.